The van der Waals surface area contributed by atoms with Crippen molar-refractivity contribution in [2.45, 2.75) is 12.8 Å². The monoisotopic (exact) mass is 794 g/mol. The van der Waals surface area contributed by atoms with Crippen LogP contribution in [0.1, 0.15) is 24.2 Å². The van der Waals surface area contributed by atoms with Gasteiger partial charge in [0.05, 0.1) is 0 Å². The Hall–Kier alpha value is -8.40. The minimum absolute atomic E-state index is 0.580. The Morgan fingerprint density at radius 1 is 0.339 bits per heavy atom. The van der Waals surface area contributed by atoms with Gasteiger partial charge in [-0.2, -0.15) is 0 Å². The fourth-order valence-corrected chi connectivity index (χ4v) is 7.83. The van der Waals surface area contributed by atoms with Gasteiger partial charge in [-0.25, -0.2) is 29.9 Å². The fraction of sp³-hybridized carbons (Fsp3) is 0.0357. The summed E-state index contributed by atoms with van der Waals surface area (Å²) in [7, 11) is 0. The zero-order chi connectivity index (χ0) is 41.7. The average Bonchev–Trinajstić information content (AvgIpc) is 3.37. The molecule has 2 heterocycles. The van der Waals surface area contributed by atoms with Gasteiger partial charge in [-0.3, -0.25) is 0 Å². The van der Waals surface area contributed by atoms with E-state index >= 15 is 0 Å². The number of benzene rings is 7. The Bertz CT molecular complexity index is 3110. The highest BCUT2D eigenvalue weighted by atomic mass is 15.0. The zero-order valence-electron chi connectivity index (χ0n) is 33.7. The molecule has 0 fully saturated rings. The molecule has 7 aromatic carbocycles. The normalized spacial score (nSPS) is 12.1. The number of hydrogen-bond acceptors (Lipinski definition) is 6. The van der Waals surface area contributed by atoms with E-state index in [4.69, 9.17) is 36.3 Å². The van der Waals surface area contributed by atoms with E-state index in [9.17, 15) is 0 Å². The molecule has 0 amide bonds. The van der Waals surface area contributed by atoms with Crippen LogP contribution in [0, 0.1) is 12.3 Å². The second-order valence-corrected chi connectivity index (χ2v) is 14.9. The van der Waals surface area contributed by atoms with Crippen LogP contribution in [0.15, 0.2) is 200 Å². The summed E-state index contributed by atoms with van der Waals surface area (Å²) < 4.78 is 0. The van der Waals surface area contributed by atoms with Crippen molar-refractivity contribution in [3.63, 3.8) is 0 Å². The van der Waals surface area contributed by atoms with Crippen molar-refractivity contribution in [2.24, 2.45) is 0 Å². The molecule has 0 aliphatic heterocycles. The average molecular weight is 795 g/mol. The lowest BCUT2D eigenvalue weighted by atomic mass is 9.86. The van der Waals surface area contributed by atoms with Crippen molar-refractivity contribution >= 4 is 5.57 Å². The molecule has 10 rings (SSSR count). The summed E-state index contributed by atoms with van der Waals surface area (Å²) in [6, 6.07) is 61.6. The maximum atomic E-state index is 6.08. The van der Waals surface area contributed by atoms with Crippen LogP contribution in [0.5, 0.6) is 0 Å². The van der Waals surface area contributed by atoms with E-state index in [1.807, 2.05) is 103 Å². The van der Waals surface area contributed by atoms with Crippen LogP contribution in [-0.2, 0) is 0 Å². The molecule has 0 saturated carbocycles. The number of hydrogen-bond donors (Lipinski definition) is 0. The molecule has 2 aromatic heterocycles. The van der Waals surface area contributed by atoms with Crippen LogP contribution in [0.2, 0.25) is 0 Å². The minimum atomic E-state index is 0.580. The molecule has 0 atom stereocenters. The van der Waals surface area contributed by atoms with E-state index in [1.54, 1.807) is 0 Å². The van der Waals surface area contributed by atoms with Crippen LogP contribution in [-0.4, -0.2) is 29.9 Å². The van der Waals surface area contributed by atoms with E-state index in [1.165, 1.54) is 0 Å². The van der Waals surface area contributed by atoms with Gasteiger partial charge in [0, 0.05) is 39.0 Å². The molecule has 9 aromatic rings. The van der Waals surface area contributed by atoms with Gasteiger partial charge in [0.2, 0.25) is 0 Å². The molecule has 0 saturated heterocycles. The lowest BCUT2D eigenvalue weighted by Crippen LogP contribution is -2.03. The number of rotatable bonds is 9. The number of aromatic nitrogens is 6. The van der Waals surface area contributed by atoms with Crippen LogP contribution < -0.4 is 0 Å². The maximum absolute atomic E-state index is 6.08. The van der Waals surface area contributed by atoms with Crippen LogP contribution in [0.4, 0.5) is 0 Å². The lowest BCUT2D eigenvalue weighted by molar-refractivity contribution is 1.01. The van der Waals surface area contributed by atoms with Crippen molar-refractivity contribution in [1.29, 1.82) is 0 Å². The summed E-state index contributed by atoms with van der Waals surface area (Å²) in [4.78, 5) is 30.0. The first-order valence-electron chi connectivity index (χ1n) is 20.6. The Morgan fingerprint density at radius 3 is 1.27 bits per heavy atom. The predicted molar refractivity (Wildman–Crippen MR) is 251 cm³/mol. The molecule has 1 aliphatic rings. The number of terminal acetylenes is 1. The highest BCUT2D eigenvalue weighted by Crippen LogP contribution is 2.42. The summed E-state index contributed by atoms with van der Waals surface area (Å²) in [5.41, 5.74) is 12.5. The smallest absolute Gasteiger partial charge is 0.164 e. The van der Waals surface area contributed by atoms with Crippen molar-refractivity contribution in [1.82, 2.24) is 29.9 Å². The molecule has 1 aliphatic carbocycles. The van der Waals surface area contributed by atoms with E-state index in [0.717, 1.165) is 85.2 Å². The Balaban J connectivity index is 1.08. The molecular formula is C56H38N6. The van der Waals surface area contributed by atoms with Crippen molar-refractivity contribution in [3.8, 4) is 103 Å². The van der Waals surface area contributed by atoms with Gasteiger partial charge in [-0.1, -0.05) is 194 Å². The van der Waals surface area contributed by atoms with Crippen LogP contribution in [0.25, 0.3) is 95.9 Å². The van der Waals surface area contributed by atoms with E-state index < -0.39 is 0 Å². The summed E-state index contributed by atoms with van der Waals surface area (Å²) in [6.07, 6.45) is 14.5. The topological polar surface area (TPSA) is 77.3 Å². The van der Waals surface area contributed by atoms with Crippen LogP contribution in [0.3, 0.4) is 0 Å². The van der Waals surface area contributed by atoms with Crippen molar-refractivity contribution in [3.05, 3.63) is 212 Å². The van der Waals surface area contributed by atoms with Gasteiger partial charge in [-0.15, -0.1) is 6.42 Å². The zero-order valence-corrected chi connectivity index (χ0v) is 33.7. The molecule has 0 unspecified atom stereocenters. The first kappa shape index (κ1) is 37.8. The molecular weight excluding hydrogens is 757 g/mol. The molecule has 292 valence electrons. The summed E-state index contributed by atoms with van der Waals surface area (Å²) >= 11 is 0. The van der Waals surface area contributed by atoms with E-state index in [0.29, 0.717) is 34.9 Å². The van der Waals surface area contributed by atoms with Gasteiger partial charge in [0.25, 0.3) is 0 Å². The van der Waals surface area contributed by atoms with Crippen molar-refractivity contribution < 1.29 is 0 Å². The van der Waals surface area contributed by atoms with E-state index in [-0.39, 0.29) is 0 Å². The second kappa shape index (κ2) is 17.1. The van der Waals surface area contributed by atoms with Gasteiger partial charge in [0.1, 0.15) is 0 Å². The molecule has 62 heavy (non-hydrogen) atoms. The second-order valence-electron chi connectivity index (χ2n) is 14.9. The third-order valence-electron chi connectivity index (χ3n) is 10.9. The first-order chi connectivity index (χ1) is 30.7. The Morgan fingerprint density at radius 2 is 0.758 bits per heavy atom. The molecule has 6 heteroatoms. The molecule has 6 nitrogen and oxygen atoms in total. The summed E-state index contributed by atoms with van der Waals surface area (Å²) in [6.45, 7) is 0. The van der Waals surface area contributed by atoms with Gasteiger partial charge in [0.15, 0.2) is 34.9 Å². The largest absolute Gasteiger partial charge is 0.208 e. The fourth-order valence-electron chi connectivity index (χ4n) is 7.83. The third-order valence-corrected chi connectivity index (χ3v) is 10.9. The third kappa shape index (κ3) is 7.75. The Kier molecular flexibility index (Phi) is 10.4. The SMILES string of the molecule is C#Cc1ccc(-c2ccccc2-c2nc(-c3ccccc3)nc(-c3ccccc3)n2)c(-c2ccccc2-c2ccc(-c3nc(C4=CCCC=C4)nc(-c4ccccc4)n3)cc2)c1. The maximum Gasteiger partial charge on any atom is 0.164 e. The predicted octanol–water partition coefficient (Wildman–Crippen LogP) is 13.1. The number of allylic oxidation sites excluding steroid dienone is 4. The van der Waals surface area contributed by atoms with Gasteiger partial charge >= 0.3 is 0 Å². The molecule has 0 bridgehead atoms. The number of nitrogens with zero attached hydrogens (tertiary/aromatic N) is 6. The highest BCUT2D eigenvalue weighted by molar-refractivity contribution is 5.96. The molecule has 0 spiro atoms. The summed E-state index contributed by atoms with van der Waals surface area (Å²) in [5.74, 6) is 6.61. The standard InChI is InChI=1S/C56H38N6/c1-2-38-31-36-48(47-29-17-18-30-49(47)56-61-53(42-23-11-5-12-24-42)60-54(62-56)43-25-13-6-14-26-43)50(37-38)46-28-16-15-27-45(46)39-32-34-44(35-33-39)55-58-51(40-19-7-3-8-20-40)57-52(59-55)41-21-9-4-10-22-41/h1,3,5-9,11-37H,4,10H2. The van der Waals surface area contributed by atoms with Gasteiger partial charge < -0.3 is 0 Å². The van der Waals surface area contributed by atoms with E-state index in [2.05, 4.69) is 103 Å². The van der Waals surface area contributed by atoms with Crippen molar-refractivity contribution in [2.75, 3.05) is 0 Å². The lowest BCUT2D eigenvalue weighted by Gasteiger charge is -2.18. The summed E-state index contributed by atoms with van der Waals surface area (Å²) in [5, 5.41) is 0. The van der Waals surface area contributed by atoms with Crippen LogP contribution >= 0.6 is 0 Å². The highest BCUT2D eigenvalue weighted by Gasteiger charge is 2.20. The molecule has 0 N–H and O–H groups in total. The Labute approximate surface area is 361 Å². The van der Waals surface area contributed by atoms with Gasteiger partial charge in [-0.05, 0) is 58.4 Å². The minimum Gasteiger partial charge on any atom is -0.208 e. The quantitative estimate of drug-likeness (QED) is 0.135. The first-order valence-corrected chi connectivity index (χ1v) is 20.6. The molecule has 0 radical (unpaired) electrons.